The lowest BCUT2D eigenvalue weighted by atomic mass is 10.2. The minimum Gasteiger partial charge on any atom is -0.384 e. The first kappa shape index (κ1) is 14.5. The molecule has 0 heterocycles. The highest BCUT2D eigenvalue weighted by atomic mass is 32.2. The first-order valence-electron chi connectivity index (χ1n) is 5.27. The van der Waals surface area contributed by atoms with E-state index < -0.39 is 10.0 Å². The smallest absolute Gasteiger partial charge is 0.235 e. The zero-order valence-corrected chi connectivity index (χ0v) is 10.8. The molecule has 5 nitrogen and oxygen atoms in total. The molecule has 98 valence electrons. The third-order valence-corrected chi connectivity index (χ3v) is 3.29. The predicted octanol–water partition coefficient (Wildman–Crippen LogP) is 0.418. The van der Waals surface area contributed by atoms with Crippen molar-refractivity contribution in [2.45, 2.75) is 0 Å². The van der Waals surface area contributed by atoms with Crippen LogP contribution < -0.4 is 4.72 Å². The monoisotopic (exact) mass is 269 g/mol. The van der Waals surface area contributed by atoms with E-state index in [4.69, 9.17) is 9.84 Å². The molecular weight excluding hydrogens is 254 g/mol. The summed E-state index contributed by atoms with van der Waals surface area (Å²) in [6, 6.07) is 6.75. The van der Waals surface area contributed by atoms with Gasteiger partial charge in [-0.25, -0.2) is 8.42 Å². The van der Waals surface area contributed by atoms with E-state index in [1.807, 2.05) is 0 Å². The number of hydrogen-bond donors (Lipinski definition) is 2. The first-order chi connectivity index (χ1) is 8.59. The zero-order chi connectivity index (χ0) is 13.4. The maximum atomic E-state index is 11.7. The SMILES string of the molecule is COCCS(=O)(=O)Nc1ccccc1C#CCO. The van der Waals surface area contributed by atoms with E-state index in [1.54, 1.807) is 24.3 Å². The summed E-state index contributed by atoms with van der Waals surface area (Å²) in [4.78, 5) is 0. The molecular formula is C12H15NO4S. The second-order valence-corrected chi connectivity index (χ2v) is 5.26. The summed E-state index contributed by atoms with van der Waals surface area (Å²) < 4.78 is 30.6. The van der Waals surface area contributed by atoms with E-state index in [2.05, 4.69) is 16.6 Å². The Morgan fingerprint density at radius 3 is 2.78 bits per heavy atom. The third-order valence-electron chi connectivity index (χ3n) is 2.05. The summed E-state index contributed by atoms with van der Waals surface area (Å²) in [6.07, 6.45) is 0. The van der Waals surface area contributed by atoms with Crippen LogP contribution in [0.25, 0.3) is 0 Å². The predicted molar refractivity (Wildman–Crippen MR) is 69.7 cm³/mol. The molecule has 0 aliphatic carbocycles. The number of benzene rings is 1. The summed E-state index contributed by atoms with van der Waals surface area (Å²) in [5, 5.41) is 8.64. The Morgan fingerprint density at radius 1 is 1.39 bits per heavy atom. The fourth-order valence-electron chi connectivity index (χ4n) is 1.23. The van der Waals surface area contributed by atoms with Gasteiger partial charge in [0, 0.05) is 12.7 Å². The van der Waals surface area contributed by atoms with Crippen LogP contribution in [0.1, 0.15) is 5.56 Å². The number of nitrogens with one attached hydrogen (secondary N) is 1. The van der Waals surface area contributed by atoms with Gasteiger partial charge in [0.2, 0.25) is 10.0 Å². The van der Waals surface area contributed by atoms with Crippen LogP contribution in [0, 0.1) is 11.8 Å². The number of aliphatic hydroxyl groups is 1. The molecule has 0 aliphatic rings. The maximum absolute atomic E-state index is 11.7. The molecule has 18 heavy (non-hydrogen) atoms. The fraction of sp³-hybridized carbons (Fsp3) is 0.333. The van der Waals surface area contributed by atoms with Crippen molar-refractivity contribution in [2.24, 2.45) is 0 Å². The van der Waals surface area contributed by atoms with Gasteiger partial charge in [0.05, 0.1) is 18.0 Å². The summed E-state index contributed by atoms with van der Waals surface area (Å²) >= 11 is 0. The Morgan fingerprint density at radius 2 is 2.11 bits per heavy atom. The Hall–Kier alpha value is -1.55. The van der Waals surface area contributed by atoms with Crippen molar-refractivity contribution in [2.75, 3.05) is 30.8 Å². The molecule has 0 saturated heterocycles. The molecule has 0 fully saturated rings. The van der Waals surface area contributed by atoms with Crippen molar-refractivity contribution >= 4 is 15.7 Å². The average molecular weight is 269 g/mol. The average Bonchev–Trinajstić information content (AvgIpc) is 2.35. The van der Waals surface area contributed by atoms with Crippen LogP contribution in [0.15, 0.2) is 24.3 Å². The van der Waals surface area contributed by atoms with Crippen molar-refractivity contribution in [3.05, 3.63) is 29.8 Å². The molecule has 0 saturated carbocycles. The van der Waals surface area contributed by atoms with Gasteiger partial charge in [-0.2, -0.15) is 0 Å². The van der Waals surface area contributed by atoms with Crippen LogP contribution in [-0.4, -0.2) is 39.6 Å². The van der Waals surface area contributed by atoms with E-state index in [1.165, 1.54) is 7.11 Å². The van der Waals surface area contributed by atoms with Gasteiger partial charge in [-0.15, -0.1) is 0 Å². The number of hydrogen-bond acceptors (Lipinski definition) is 4. The van der Waals surface area contributed by atoms with Gasteiger partial charge < -0.3 is 9.84 Å². The van der Waals surface area contributed by atoms with Crippen LogP contribution in [0.4, 0.5) is 5.69 Å². The molecule has 0 spiro atoms. The molecule has 1 rings (SSSR count). The lowest BCUT2D eigenvalue weighted by Crippen LogP contribution is -2.20. The van der Waals surface area contributed by atoms with Crippen LogP contribution in [0.3, 0.4) is 0 Å². The number of aliphatic hydroxyl groups excluding tert-OH is 1. The van der Waals surface area contributed by atoms with Crippen molar-refractivity contribution in [3.63, 3.8) is 0 Å². The van der Waals surface area contributed by atoms with E-state index in [-0.39, 0.29) is 19.0 Å². The van der Waals surface area contributed by atoms with Gasteiger partial charge in [0.1, 0.15) is 6.61 Å². The Labute approximate surface area is 107 Å². The second-order valence-electron chi connectivity index (χ2n) is 3.42. The maximum Gasteiger partial charge on any atom is 0.235 e. The van der Waals surface area contributed by atoms with Crippen molar-refractivity contribution in [1.29, 1.82) is 0 Å². The Kier molecular flexibility index (Phi) is 5.65. The quantitative estimate of drug-likeness (QED) is 0.760. The van der Waals surface area contributed by atoms with Gasteiger partial charge >= 0.3 is 0 Å². The zero-order valence-electron chi connectivity index (χ0n) is 10.0. The van der Waals surface area contributed by atoms with Crippen molar-refractivity contribution < 1.29 is 18.3 Å². The van der Waals surface area contributed by atoms with Crippen molar-refractivity contribution in [3.8, 4) is 11.8 Å². The van der Waals surface area contributed by atoms with Gasteiger partial charge in [0.25, 0.3) is 0 Å². The molecule has 0 amide bonds. The number of methoxy groups -OCH3 is 1. The number of sulfonamides is 1. The molecule has 0 aliphatic heterocycles. The summed E-state index contributed by atoms with van der Waals surface area (Å²) in [6.45, 7) is -0.148. The van der Waals surface area contributed by atoms with Gasteiger partial charge in [-0.1, -0.05) is 24.0 Å². The largest absolute Gasteiger partial charge is 0.384 e. The molecule has 0 aromatic heterocycles. The van der Waals surface area contributed by atoms with Crippen LogP contribution in [-0.2, 0) is 14.8 Å². The first-order valence-corrected chi connectivity index (χ1v) is 6.92. The number of anilines is 1. The van der Waals surface area contributed by atoms with Crippen LogP contribution >= 0.6 is 0 Å². The lowest BCUT2D eigenvalue weighted by Gasteiger charge is -2.09. The fourth-order valence-corrected chi connectivity index (χ4v) is 2.23. The third kappa shape index (κ3) is 4.75. The van der Waals surface area contributed by atoms with Gasteiger partial charge in [-0.05, 0) is 12.1 Å². The van der Waals surface area contributed by atoms with Gasteiger partial charge in [0.15, 0.2) is 0 Å². The van der Waals surface area contributed by atoms with Crippen molar-refractivity contribution in [1.82, 2.24) is 0 Å². The van der Waals surface area contributed by atoms with E-state index in [0.717, 1.165) is 0 Å². The molecule has 0 unspecified atom stereocenters. The highest BCUT2D eigenvalue weighted by molar-refractivity contribution is 7.92. The minimum atomic E-state index is -3.45. The highest BCUT2D eigenvalue weighted by Crippen LogP contribution is 2.15. The topological polar surface area (TPSA) is 75.6 Å². The standard InChI is InChI=1S/C12H15NO4S/c1-17-9-10-18(15,16)13-12-7-3-2-5-11(12)6-4-8-14/h2-3,5,7,13-14H,8-10H2,1H3. The summed E-state index contributed by atoms with van der Waals surface area (Å²) in [7, 11) is -2.01. The molecule has 0 bridgehead atoms. The summed E-state index contributed by atoms with van der Waals surface area (Å²) in [5.74, 6) is 5.04. The Balaban J connectivity index is 2.90. The molecule has 0 radical (unpaired) electrons. The normalized spacial score (nSPS) is 10.6. The number of ether oxygens (including phenoxy) is 1. The van der Waals surface area contributed by atoms with Crippen LogP contribution in [0.5, 0.6) is 0 Å². The van der Waals surface area contributed by atoms with E-state index >= 15 is 0 Å². The van der Waals surface area contributed by atoms with E-state index in [0.29, 0.717) is 11.3 Å². The van der Waals surface area contributed by atoms with Crippen LogP contribution in [0.2, 0.25) is 0 Å². The second kappa shape index (κ2) is 7.01. The number of rotatable bonds is 5. The van der Waals surface area contributed by atoms with E-state index in [9.17, 15) is 8.42 Å². The van der Waals surface area contributed by atoms with Gasteiger partial charge in [-0.3, -0.25) is 4.72 Å². The number of para-hydroxylation sites is 1. The molecule has 0 atom stereocenters. The molecule has 1 aromatic rings. The molecule has 1 aromatic carbocycles. The molecule has 2 N–H and O–H groups in total. The molecule has 6 heteroatoms. The Bertz CT molecular complexity index is 543. The summed E-state index contributed by atoms with van der Waals surface area (Å²) in [5.41, 5.74) is 0.919. The lowest BCUT2D eigenvalue weighted by molar-refractivity contribution is 0.217. The highest BCUT2D eigenvalue weighted by Gasteiger charge is 2.11. The minimum absolute atomic E-state index is 0.120.